The fourth-order valence-corrected chi connectivity index (χ4v) is 2.70. The van der Waals surface area contributed by atoms with Crippen LogP contribution < -0.4 is 0 Å². The Labute approximate surface area is 155 Å². The maximum atomic E-state index is 11.5. The summed E-state index contributed by atoms with van der Waals surface area (Å²) in [5, 5.41) is 0. The Balaban J connectivity index is 2.43. The standard InChI is InChI=1S/C20H19BrO4/c1-14(22)24-20(25-15(2)23)18(12-16-8-4-3-5-9-16)13-17-10-6-7-11-19(17)21/h3-11,13,20H,12H2,1-2H3/b18-13+. The fourth-order valence-electron chi connectivity index (χ4n) is 2.30. The molecule has 0 aliphatic heterocycles. The molecule has 0 saturated carbocycles. The van der Waals surface area contributed by atoms with Crippen LogP contribution in [-0.4, -0.2) is 18.2 Å². The summed E-state index contributed by atoms with van der Waals surface area (Å²) in [4.78, 5) is 22.9. The number of carbonyl (C=O) groups excluding carboxylic acids is 2. The van der Waals surface area contributed by atoms with E-state index >= 15 is 0 Å². The zero-order valence-electron chi connectivity index (χ0n) is 14.1. The van der Waals surface area contributed by atoms with E-state index in [4.69, 9.17) is 9.47 Å². The highest BCUT2D eigenvalue weighted by molar-refractivity contribution is 9.10. The van der Waals surface area contributed by atoms with Crippen molar-refractivity contribution in [2.45, 2.75) is 26.6 Å². The second-order valence-electron chi connectivity index (χ2n) is 5.45. The van der Waals surface area contributed by atoms with Gasteiger partial charge in [-0.15, -0.1) is 0 Å². The largest absolute Gasteiger partial charge is 0.421 e. The smallest absolute Gasteiger partial charge is 0.305 e. The molecule has 0 aliphatic rings. The van der Waals surface area contributed by atoms with Crippen molar-refractivity contribution in [3.63, 3.8) is 0 Å². The molecule has 0 fully saturated rings. The first kappa shape index (κ1) is 18.9. The topological polar surface area (TPSA) is 52.6 Å². The Morgan fingerprint density at radius 2 is 1.52 bits per heavy atom. The molecule has 0 aliphatic carbocycles. The zero-order valence-corrected chi connectivity index (χ0v) is 15.7. The van der Waals surface area contributed by atoms with Crippen LogP contribution in [-0.2, 0) is 25.5 Å². The van der Waals surface area contributed by atoms with Gasteiger partial charge in [0.05, 0.1) is 0 Å². The first-order chi connectivity index (χ1) is 12.0. The van der Waals surface area contributed by atoms with E-state index in [1.807, 2.05) is 60.7 Å². The van der Waals surface area contributed by atoms with Gasteiger partial charge in [0, 0.05) is 30.3 Å². The van der Waals surface area contributed by atoms with Crippen molar-refractivity contribution in [2.75, 3.05) is 0 Å². The van der Waals surface area contributed by atoms with Crippen LogP contribution in [0, 0.1) is 0 Å². The minimum Gasteiger partial charge on any atom is -0.421 e. The first-order valence-corrected chi connectivity index (χ1v) is 8.58. The lowest BCUT2D eigenvalue weighted by Crippen LogP contribution is -2.25. The number of hydrogen-bond acceptors (Lipinski definition) is 4. The lowest BCUT2D eigenvalue weighted by Gasteiger charge is -2.20. The molecule has 0 spiro atoms. The van der Waals surface area contributed by atoms with Crippen LogP contribution >= 0.6 is 15.9 Å². The molecule has 0 amide bonds. The highest BCUT2D eigenvalue weighted by Crippen LogP contribution is 2.24. The summed E-state index contributed by atoms with van der Waals surface area (Å²) < 4.78 is 11.4. The van der Waals surface area contributed by atoms with Crippen molar-refractivity contribution in [1.29, 1.82) is 0 Å². The molecule has 5 heteroatoms. The zero-order chi connectivity index (χ0) is 18.2. The summed E-state index contributed by atoms with van der Waals surface area (Å²) in [6.07, 6.45) is 1.28. The molecule has 0 aromatic heterocycles. The van der Waals surface area contributed by atoms with Crippen LogP contribution in [0.2, 0.25) is 0 Å². The molecule has 0 radical (unpaired) electrons. The number of carbonyl (C=O) groups is 2. The van der Waals surface area contributed by atoms with Gasteiger partial charge in [-0.25, -0.2) is 0 Å². The molecule has 0 unspecified atom stereocenters. The van der Waals surface area contributed by atoms with Crippen LogP contribution in [0.5, 0.6) is 0 Å². The molecule has 2 aromatic carbocycles. The summed E-state index contributed by atoms with van der Waals surface area (Å²) in [7, 11) is 0. The van der Waals surface area contributed by atoms with E-state index < -0.39 is 18.2 Å². The van der Waals surface area contributed by atoms with E-state index in [1.54, 1.807) is 0 Å². The molecule has 0 atom stereocenters. The summed E-state index contributed by atoms with van der Waals surface area (Å²) in [5.41, 5.74) is 2.59. The Morgan fingerprint density at radius 1 is 0.960 bits per heavy atom. The van der Waals surface area contributed by atoms with E-state index in [9.17, 15) is 9.59 Å². The lowest BCUT2D eigenvalue weighted by atomic mass is 10.0. The summed E-state index contributed by atoms with van der Waals surface area (Å²) in [5.74, 6) is -1.03. The summed E-state index contributed by atoms with van der Waals surface area (Å²) >= 11 is 3.50. The Hall–Kier alpha value is -2.40. The molecule has 0 N–H and O–H groups in total. The highest BCUT2D eigenvalue weighted by atomic mass is 79.9. The predicted molar refractivity (Wildman–Crippen MR) is 99.6 cm³/mol. The predicted octanol–water partition coefficient (Wildman–Crippen LogP) is 4.53. The van der Waals surface area contributed by atoms with Crippen LogP contribution in [0.1, 0.15) is 25.0 Å². The van der Waals surface area contributed by atoms with Gasteiger partial charge >= 0.3 is 11.9 Å². The Bertz CT molecular complexity index is 752. The van der Waals surface area contributed by atoms with Crippen molar-refractivity contribution in [3.05, 3.63) is 75.8 Å². The van der Waals surface area contributed by atoms with Gasteiger partial charge in [0.2, 0.25) is 0 Å². The maximum absolute atomic E-state index is 11.5. The Kier molecular flexibility index (Phi) is 6.95. The Morgan fingerprint density at radius 3 is 2.08 bits per heavy atom. The summed E-state index contributed by atoms with van der Waals surface area (Å²) in [6.45, 7) is 2.57. The second kappa shape index (κ2) is 9.18. The van der Waals surface area contributed by atoms with E-state index in [-0.39, 0.29) is 0 Å². The third kappa shape index (κ3) is 6.19. The van der Waals surface area contributed by atoms with Gasteiger partial charge in [0.15, 0.2) is 0 Å². The lowest BCUT2D eigenvalue weighted by molar-refractivity contribution is -0.178. The third-order valence-corrected chi connectivity index (χ3v) is 4.07. The maximum Gasteiger partial charge on any atom is 0.305 e. The number of halogens is 1. The average Bonchev–Trinajstić information content (AvgIpc) is 2.56. The van der Waals surface area contributed by atoms with Crippen LogP contribution in [0.15, 0.2) is 64.6 Å². The van der Waals surface area contributed by atoms with E-state index in [1.165, 1.54) is 13.8 Å². The monoisotopic (exact) mass is 402 g/mol. The van der Waals surface area contributed by atoms with Crippen LogP contribution in [0.25, 0.3) is 6.08 Å². The SMILES string of the molecule is CC(=O)OC(OC(C)=O)/C(=C/c1ccccc1Br)Cc1ccccc1. The minimum absolute atomic E-state index is 0.480. The average molecular weight is 403 g/mol. The first-order valence-electron chi connectivity index (χ1n) is 7.79. The van der Waals surface area contributed by atoms with Crippen molar-refractivity contribution in [1.82, 2.24) is 0 Å². The third-order valence-electron chi connectivity index (χ3n) is 3.35. The number of esters is 2. The van der Waals surface area contributed by atoms with Gasteiger partial charge in [-0.05, 0) is 23.3 Å². The molecular weight excluding hydrogens is 384 g/mol. The molecule has 4 nitrogen and oxygen atoms in total. The van der Waals surface area contributed by atoms with Crippen molar-refractivity contribution in [3.8, 4) is 0 Å². The van der Waals surface area contributed by atoms with Gasteiger partial charge in [-0.2, -0.15) is 0 Å². The van der Waals surface area contributed by atoms with Gasteiger partial charge in [0.25, 0.3) is 6.29 Å². The number of rotatable bonds is 6. The van der Waals surface area contributed by atoms with Crippen molar-refractivity contribution in [2.24, 2.45) is 0 Å². The normalized spacial score (nSPS) is 11.3. The molecule has 0 heterocycles. The highest BCUT2D eigenvalue weighted by Gasteiger charge is 2.21. The molecule has 2 aromatic rings. The van der Waals surface area contributed by atoms with Crippen molar-refractivity contribution < 1.29 is 19.1 Å². The van der Waals surface area contributed by atoms with E-state index in [0.29, 0.717) is 12.0 Å². The minimum atomic E-state index is -1.07. The van der Waals surface area contributed by atoms with Crippen LogP contribution in [0.4, 0.5) is 0 Å². The molecule has 25 heavy (non-hydrogen) atoms. The molecule has 0 bridgehead atoms. The molecule has 130 valence electrons. The van der Waals surface area contributed by atoms with E-state index in [0.717, 1.165) is 15.6 Å². The van der Waals surface area contributed by atoms with Crippen molar-refractivity contribution >= 4 is 33.9 Å². The number of ether oxygens (including phenoxy) is 2. The van der Waals surface area contributed by atoms with Crippen LogP contribution in [0.3, 0.4) is 0 Å². The quantitative estimate of drug-likeness (QED) is 0.526. The van der Waals surface area contributed by atoms with E-state index in [2.05, 4.69) is 15.9 Å². The molecule has 2 rings (SSSR count). The summed E-state index contributed by atoms with van der Waals surface area (Å²) in [6, 6.07) is 17.4. The van der Waals surface area contributed by atoms with Gasteiger partial charge in [-0.3, -0.25) is 9.59 Å². The molecular formula is C20H19BrO4. The number of benzene rings is 2. The molecule has 0 saturated heterocycles. The van der Waals surface area contributed by atoms with Gasteiger partial charge in [-0.1, -0.05) is 64.5 Å². The van der Waals surface area contributed by atoms with Gasteiger partial charge < -0.3 is 9.47 Å². The number of hydrogen-bond donors (Lipinski definition) is 0. The second-order valence-corrected chi connectivity index (χ2v) is 6.31. The fraction of sp³-hybridized carbons (Fsp3) is 0.200. The van der Waals surface area contributed by atoms with Gasteiger partial charge in [0.1, 0.15) is 0 Å².